The van der Waals surface area contributed by atoms with Crippen LogP contribution in [0.1, 0.15) is 38.1 Å². The number of hydrogen-bond acceptors (Lipinski definition) is 6. The molecule has 3 heterocycles. The van der Waals surface area contributed by atoms with Crippen molar-refractivity contribution < 1.29 is 31.9 Å². The highest BCUT2D eigenvalue weighted by molar-refractivity contribution is 6.00. The highest BCUT2D eigenvalue weighted by Gasteiger charge is 2.50. The number of carbonyl (C=O) groups excluding carboxylic acids is 2. The second-order valence-corrected chi connectivity index (χ2v) is 8.89. The topological polar surface area (TPSA) is 86.3 Å². The van der Waals surface area contributed by atoms with Gasteiger partial charge in [-0.05, 0) is 45.4 Å². The van der Waals surface area contributed by atoms with Crippen molar-refractivity contribution >= 4 is 17.5 Å². The molecule has 4 rings (SSSR count). The molecular formula is C23H25F4N5O3. The number of carbonyl (C=O) groups is 2. The molecule has 0 radical (unpaired) electrons. The second-order valence-electron chi connectivity index (χ2n) is 8.89. The minimum Gasteiger partial charge on any atom is -0.491 e. The third kappa shape index (κ3) is 4.49. The minimum absolute atomic E-state index is 0.0647. The van der Waals surface area contributed by atoms with Crippen molar-refractivity contribution in [3.63, 3.8) is 0 Å². The quantitative estimate of drug-likeness (QED) is 0.485. The van der Waals surface area contributed by atoms with Crippen LogP contribution in [0.25, 0.3) is 0 Å². The molecule has 0 saturated carbocycles. The molecule has 1 aromatic carbocycles. The Morgan fingerprint density at radius 3 is 2.66 bits per heavy atom. The van der Waals surface area contributed by atoms with E-state index in [4.69, 9.17) is 9.73 Å². The zero-order valence-corrected chi connectivity index (χ0v) is 19.6. The fourth-order valence-corrected chi connectivity index (χ4v) is 4.32. The zero-order valence-electron chi connectivity index (χ0n) is 19.6. The van der Waals surface area contributed by atoms with Gasteiger partial charge in [0.15, 0.2) is 0 Å². The molecule has 1 unspecified atom stereocenters. The number of amides is 2. The molecule has 1 aromatic rings. The molecule has 0 spiro atoms. The number of hydrazine groups is 1. The predicted molar refractivity (Wildman–Crippen MR) is 119 cm³/mol. The van der Waals surface area contributed by atoms with Crippen LogP contribution in [0.5, 0.6) is 5.75 Å². The van der Waals surface area contributed by atoms with Crippen molar-refractivity contribution in [1.82, 2.24) is 20.7 Å². The van der Waals surface area contributed by atoms with E-state index in [-0.39, 0.29) is 24.5 Å². The normalized spacial score (nSPS) is 21.8. The third-order valence-corrected chi connectivity index (χ3v) is 6.42. The Bertz CT molecular complexity index is 1190. The van der Waals surface area contributed by atoms with E-state index in [0.29, 0.717) is 6.54 Å². The van der Waals surface area contributed by atoms with Crippen molar-refractivity contribution in [2.24, 2.45) is 4.99 Å². The summed E-state index contributed by atoms with van der Waals surface area (Å²) in [7, 11) is 0. The minimum atomic E-state index is -5.02. The van der Waals surface area contributed by atoms with Crippen molar-refractivity contribution in [3.8, 4) is 5.75 Å². The van der Waals surface area contributed by atoms with E-state index in [2.05, 4.69) is 5.43 Å². The first kappa shape index (κ1) is 24.7. The predicted octanol–water partition coefficient (Wildman–Crippen LogP) is 2.90. The molecule has 0 aromatic heterocycles. The van der Waals surface area contributed by atoms with Gasteiger partial charge in [0, 0.05) is 36.1 Å². The summed E-state index contributed by atoms with van der Waals surface area (Å²) in [4.78, 5) is 30.6. The number of allylic oxidation sites excluding steroid dienone is 2. The Morgan fingerprint density at radius 1 is 1.26 bits per heavy atom. The van der Waals surface area contributed by atoms with Crippen molar-refractivity contribution in [2.75, 3.05) is 26.2 Å². The molecule has 0 bridgehead atoms. The summed E-state index contributed by atoms with van der Waals surface area (Å²) < 4.78 is 56.2. The maximum Gasteiger partial charge on any atom is 0.471 e. The maximum absolute atomic E-state index is 13.9. The molecular weight excluding hydrogens is 470 g/mol. The number of benzene rings is 1. The van der Waals surface area contributed by atoms with Crippen LogP contribution in [0, 0.1) is 5.82 Å². The lowest BCUT2D eigenvalue weighted by atomic mass is 9.98. The van der Waals surface area contributed by atoms with Crippen LogP contribution in [0.4, 0.5) is 17.6 Å². The molecule has 1 atom stereocenters. The number of fused-ring (bicyclic) bond motifs is 2. The second kappa shape index (κ2) is 8.67. The summed E-state index contributed by atoms with van der Waals surface area (Å²) >= 11 is 0. The lowest BCUT2D eigenvalue weighted by Gasteiger charge is -2.32. The van der Waals surface area contributed by atoms with E-state index in [0.717, 1.165) is 40.5 Å². The van der Waals surface area contributed by atoms with Crippen LogP contribution < -0.4 is 15.5 Å². The van der Waals surface area contributed by atoms with Crippen LogP contribution >= 0.6 is 0 Å². The van der Waals surface area contributed by atoms with E-state index in [9.17, 15) is 27.2 Å². The van der Waals surface area contributed by atoms with Gasteiger partial charge in [-0.25, -0.2) is 14.8 Å². The van der Waals surface area contributed by atoms with Gasteiger partial charge in [-0.15, -0.1) is 0 Å². The van der Waals surface area contributed by atoms with E-state index in [1.165, 1.54) is 6.07 Å². The van der Waals surface area contributed by atoms with Gasteiger partial charge in [-0.3, -0.25) is 14.6 Å². The zero-order chi connectivity index (χ0) is 25.7. The monoisotopic (exact) mass is 495 g/mol. The molecule has 0 aliphatic carbocycles. The number of hydrogen-bond donors (Lipinski definition) is 2. The third-order valence-electron chi connectivity index (χ3n) is 6.42. The first-order valence-electron chi connectivity index (χ1n) is 10.9. The number of likely N-dealkylation sites (tertiary alicyclic amines) is 1. The van der Waals surface area contributed by atoms with Gasteiger partial charge in [0.2, 0.25) is 0 Å². The van der Waals surface area contributed by atoms with Gasteiger partial charge in [0.25, 0.3) is 5.91 Å². The smallest absolute Gasteiger partial charge is 0.471 e. The Kier molecular flexibility index (Phi) is 6.12. The van der Waals surface area contributed by atoms with E-state index in [1.54, 1.807) is 10.2 Å². The highest BCUT2D eigenvalue weighted by atomic mass is 19.4. The van der Waals surface area contributed by atoms with E-state index in [1.807, 2.05) is 32.7 Å². The van der Waals surface area contributed by atoms with Gasteiger partial charge in [0.05, 0.1) is 17.6 Å². The van der Waals surface area contributed by atoms with Crippen LogP contribution in [0.15, 0.2) is 45.9 Å². The number of rotatable bonds is 5. The Hall–Kier alpha value is -3.41. The number of aliphatic imine (C=N–C) groups is 1. The number of halogens is 4. The van der Waals surface area contributed by atoms with Gasteiger partial charge in [-0.1, -0.05) is 0 Å². The molecule has 3 aliphatic heterocycles. The van der Waals surface area contributed by atoms with Gasteiger partial charge < -0.3 is 15.0 Å². The van der Waals surface area contributed by atoms with E-state index >= 15 is 0 Å². The molecule has 3 aliphatic rings. The first-order valence-corrected chi connectivity index (χ1v) is 10.9. The van der Waals surface area contributed by atoms with Crippen molar-refractivity contribution in [2.45, 2.75) is 39.4 Å². The molecule has 35 heavy (non-hydrogen) atoms. The Morgan fingerprint density at radius 2 is 1.97 bits per heavy atom. The number of ether oxygens (including phenoxy) is 1. The summed E-state index contributed by atoms with van der Waals surface area (Å²) in [5, 5.41) is 3.60. The number of alkyl halides is 3. The summed E-state index contributed by atoms with van der Waals surface area (Å²) in [6, 6.07) is 3.37. The van der Waals surface area contributed by atoms with Gasteiger partial charge in [-0.2, -0.15) is 13.2 Å². The Labute approximate surface area is 199 Å². The molecule has 188 valence electrons. The average Bonchev–Trinajstić information content (AvgIpc) is 3.25. The molecule has 8 nitrogen and oxygen atoms in total. The number of nitrogens with zero attached hydrogens (tertiary/aromatic N) is 3. The summed E-state index contributed by atoms with van der Waals surface area (Å²) in [6.07, 6.45) is -5.02. The summed E-state index contributed by atoms with van der Waals surface area (Å²) in [5.41, 5.74) is 6.88. The van der Waals surface area contributed by atoms with Gasteiger partial charge in [0.1, 0.15) is 24.0 Å². The lowest BCUT2D eigenvalue weighted by molar-refractivity contribution is -0.173. The average molecular weight is 495 g/mol. The van der Waals surface area contributed by atoms with Crippen LogP contribution in [0.3, 0.4) is 0 Å². The van der Waals surface area contributed by atoms with Crippen molar-refractivity contribution in [3.05, 3.63) is 52.2 Å². The first-order chi connectivity index (χ1) is 16.3. The van der Waals surface area contributed by atoms with Crippen LogP contribution in [-0.4, -0.2) is 65.4 Å². The maximum atomic E-state index is 13.9. The fourth-order valence-electron chi connectivity index (χ4n) is 4.32. The SMILES string of the molecule is CC1=NC2=C3CN(C(=O)c4ccc(F)cc4OCCNC(=O)C(F)(F)F)CC3(C)NN2C(C)=C1C. The summed E-state index contributed by atoms with van der Waals surface area (Å²) in [5.74, 6) is -2.57. The largest absolute Gasteiger partial charge is 0.491 e. The summed E-state index contributed by atoms with van der Waals surface area (Å²) in [6.45, 7) is 7.65. The van der Waals surface area contributed by atoms with Gasteiger partial charge >= 0.3 is 12.1 Å². The van der Waals surface area contributed by atoms with Crippen molar-refractivity contribution in [1.29, 1.82) is 0 Å². The molecule has 1 saturated heterocycles. The molecule has 1 fully saturated rings. The molecule has 12 heteroatoms. The van der Waals surface area contributed by atoms with Crippen LogP contribution in [-0.2, 0) is 4.79 Å². The standard InChI is InChI=1S/C23H25F4N5O3/c1-12-13(2)29-19-17-10-31(11-22(17,4)30-32(19)14(12)3)20(33)16-6-5-15(24)9-18(16)35-8-7-28-21(34)23(25,26)27/h5-6,9,30H,7-8,10-11H2,1-4H3,(H,28,34). The molecule has 2 N–H and O–H groups in total. The van der Waals surface area contributed by atoms with E-state index < -0.39 is 35.9 Å². The number of nitrogens with one attached hydrogen (secondary N) is 2. The van der Waals surface area contributed by atoms with Crippen LogP contribution in [0.2, 0.25) is 0 Å². The highest BCUT2D eigenvalue weighted by Crippen LogP contribution is 2.41. The Balaban J connectivity index is 1.51. The fraction of sp³-hybridized carbons (Fsp3) is 0.435. The molecule has 2 amide bonds. The lowest BCUT2D eigenvalue weighted by Crippen LogP contribution is -2.49.